The molecule has 0 amide bonds. The van der Waals surface area contributed by atoms with E-state index in [0.29, 0.717) is 5.56 Å². The van der Waals surface area contributed by atoms with Crippen molar-refractivity contribution < 1.29 is 4.74 Å². The maximum Gasteiger partial charge on any atom is 0.233 e. The van der Waals surface area contributed by atoms with Crippen molar-refractivity contribution in [3.05, 3.63) is 35.9 Å². The fraction of sp³-hybridized carbons (Fsp3) is 0.200. The molecule has 1 aromatic heterocycles. The third kappa shape index (κ3) is 2.26. The molecule has 0 radical (unpaired) electrons. The van der Waals surface area contributed by atoms with Crippen LogP contribution in [0.5, 0.6) is 5.88 Å². The van der Waals surface area contributed by atoms with E-state index in [-0.39, 0.29) is 5.88 Å². The summed E-state index contributed by atoms with van der Waals surface area (Å²) >= 11 is 0. The first-order valence-electron chi connectivity index (χ1n) is 5.52. The van der Waals surface area contributed by atoms with Gasteiger partial charge in [-0.25, -0.2) is 4.98 Å². The Bertz CT molecular complexity index is 675. The molecule has 0 fully saturated rings. The van der Waals surface area contributed by atoms with Gasteiger partial charge in [-0.05, 0) is 26.0 Å². The highest BCUT2D eigenvalue weighted by Crippen LogP contribution is 2.24. The van der Waals surface area contributed by atoms with E-state index in [1.807, 2.05) is 24.3 Å². The molecule has 0 N–H and O–H groups in total. The van der Waals surface area contributed by atoms with E-state index in [1.54, 1.807) is 19.9 Å². The van der Waals surface area contributed by atoms with Gasteiger partial charge in [-0.3, -0.25) is 0 Å². The van der Waals surface area contributed by atoms with Crippen LogP contribution < -0.4 is 4.74 Å². The molecule has 2 rings (SSSR count). The van der Waals surface area contributed by atoms with Crippen LogP contribution in [-0.2, 0) is 0 Å². The zero-order chi connectivity index (χ0) is 13.2. The summed E-state index contributed by atoms with van der Waals surface area (Å²) in [4.78, 5) is 4.34. The Morgan fingerprint density at radius 1 is 1.33 bits per heavy atom. The minimum absolute atomic E-state index is 0.277. The lowest BCUT2D eigenvalue weighted by atomic mass is 10.1. The lowest BCUT2D eigenvalue weighted by Gasteiger charge is -2.20. The second kappa shape index (κ2) is 4.39. The average Bonchev–Trinajstić information content (AvgIpc) is 2.37. The molecule has 1 heterocycles. The molecule has 0 atom stereocenters. The molecule has 0 unspecified atom stereocenters. The molecule has 3 nitrogen and oxygen atoms in total. The van der Waals surface area contributed by atoms with Crippen LogP contribution in [0.3, 0.4) is 0 Å². The van der Waals surface area contributed by atoms with Crippen molar-refractivity contribution >= 4 is 10.9 Å². The molecule has 3 heteroatoms. The topological polar surface area (TPSA) is 45.9 Å². The smallest absolute Gasteiger partial charge is 0.233 e. The lowest BCUT2D eigenvalue weighted by molar-refractivity contribution is 0.165. The number of hydrogen-bond acceptors (Lipinski definition) is 3. The van der Waals surface area contributed by atoms with Gasteiger partial charge in [0.2, 0.25) is 5.88 Å². The van der Waals surface area contributed by atoms with Gasteiger partial charge < -0.3 is 4.74 Å². The van der Waals surface area contributed by atoms with Crippen LogP contribution in [0.2, 0.25) is 0 Å². The number of para-hydroxylation sites is 1. The molecule has 0 spiro atoms. The number of benzene rings is 1. The molecular weight excluding hydrogens is 224 g/mol. The number of fused-ring (bicyclic) bond motifs is 1. The molecule has 0 saturated carbocycles. The van der Waals surface area contributed by atoms with Crippen LogP contribution >= 0.6 is 0 Å². The van der Waals surface area contributed by atoms with Crippen LogP contribution in [0.15, 0.2) is 30.3 Å². The van der Waals surface area contributed by atoms with Crippen molar-refractivity contribution in [2.75, 3.05) is 0 Å². The van der Waals surface area contributed by atoms with Gasteiger partial charge in [-0.15, -0.1) is 6.42 Å². The molecule has 0 aliphatic heterocycles. The molecule has 2 aromatic rings. The van der Waals surface area contributed by atoms with Gasteiger partial charge in [-0.2, -0.15) is 5.26 Å². The van der Waals surface area contributed by atoms with Crippen LogP contribution in [0, 0.1) is 23.7 Å². The van der Waals surface area contributed by atoms with E-state index in [1.165, 1.54) is 0 Å². The number of ether oxygens (including phenoxy) is 1. The second-order valence-electron chi connectivity index (χ2n) is 4.40. The monoisotopic (exact) mass is 236 g/mol. The average molecular weight is 236 g/mol. The molecule has 0 aliphatic rings. The molecule has 1 aromatic carbocycles. The van der Waals surface area contributed by atoms with E-state index >= 15 is 0 Å². The molecule has 18 heavy (non-hydrogen) atoms. The Labute approximate surface area is 106 Å². The third-order valence-electron chi connectivity index (χ3n) is 2.51. The van der Waals surface area contributed by atoms with Gasteiger partial charge in [0.15, 0.2) is 5.60 Å². The molecule has 0 saturated heterocycles. The first kappa shape index (κ1) is 12.0. The number of pyridine rings is 1. The normalized spacial score (nSPS) is 10.7. The number of aromatic nitrogens is 1. The van der Waals surface area contributed by atoms with Gasteiger partial charge in [0.1, 0.15) is 11.6 Å². The van der Waals surface area contributed by atoms with Crippen LogP contribution in [0.4, 0.5) is 0 Å². The van der Waals surface area contributed by atoms with Gasteiger partial charge >= 0.3 is 0 Å². The maximum absolute atomic E-state index is 9.13. The number of nitrogens with zero attached hydrogens (tertiary/aromatic N) is 2. The summed E-state index contributed by atoms with van der Waals surface area (Å²) < 4.78 is 5.61. The highest BCUT2D eigenvalue weighted by atomic mass is 16.5. The van der Waals surface area contributed by atoms with Crippen molar-refractivity contribution in [2.24, 2.45) is 0 Å². The summed E-state index contributed by atoms with van der Waals surface area (Å²) in [7, 11) is 0. The Kier molecular flexibility index (Phi) is 2.92. The predicted molar refractivity (Wildman–Crippen MR) is 70.0 cm³/mol. The fourth-order valence-electron chi connectivity index (χ4n) is 1.53. The Morgan fingerprint density at radius 3 is 2.72 bits per heavy atom. The summed E-state index contributed by atoms with van der Waals surface area (Å²) in [6.45, 7) is 3.51. The Hall–Kier alpha value is -2.52. The maximum atomic E-state index is 9.13. The lowest BCUT2D eigenvalue weighted by Crippen LogP contribution is -2.26. The van der Waals surface area contributed by atoms with Gasteiger partial charge in [0.05, 0.1) is 5.52 Å². The molecule has 0 bridgehead atoms. The number of terminal acetylenes is 1. The summed E-state index contributed by atoms with van der Waals surface area (Å²) in [5.41, 5.74) is 0.373. The minimum Gasteiger partial charge on any atom is -0.457 e. The van der Waals surface area contributed by atoms with Crippen molar-refractivity contribution in [3.63, 3.8) is 0 Å². The molecule has 0 aliphatic carbocycles. The van der Waals surface area contributed by atoms with E-state index < -0.39 is 5.60 Å². The standard InChI is InChI=1S/C15H12N2O/c1-4-15(2,3)18-14-12(10-16)9-11-7-5-6-8-13(11)17-14/h1,5-9H,2-3H3. The second-order valence-corrected chi connectivity index (χ2v) is 4.40. The van der Waals surface area contributed by atoms with E-state index in [9.17, 15) is 0 Å². The first-order valence-corrected chi connectivity index (χ1v) is 5.52. The van der Waals surface area contributed by atoms with Gasteiger partial charge in [0, 0.05) is 5.39 Å². The fourth-order valence-corrected chi connectivity index (χ4v) is 1.53. The van der Waals surface area contributed by atoms with E-state index in [2.05, 4.69) is 17.0 Å². The number of rotatable bonds is 2. The summed E-state index contributed by atoms with van der Waals surface area (Å²) in [5.74, 6) is 2.79. The predicted octanol–water partition coefficient (Wildman–Crippen LogP) is 2.90. The highest BCUT2D eigenvalue weighted by Gasteiger charge is 2.19. The first-order chi connectivity index (χ1) is 8.55. The zero-order valence-electron chi connectivity index (χ0n) is 10.3. The summed E-state index contributed by atoms with van der Waals surface area (Å²) in [5, 5.41) is 10.0. The molecular formula is C15H12N2O. The van der Waals surface area contributed by atoms with E-state index in [0.717, 1.165) is 10.9 Å². The number of hydrogen-bond donors (Lipinski definition) is 0. The Balaban J connectivity index is 2.57. The summed E-state index contributed by atoms with van der Waals surface area (Å²) in [6, 6.07) is 11.4. The van der Waals surface area contributed by atoms with Crippen molar-refractivity contribution in [3.8, 4) is 24.3 Å². The largest absolute Gasteiger partial charge is 0.457 e. The zero-order valence-corrected chi connectivity index (χ0v) is 10.3. The summed E-state index contributed by atoms with van der Waals surface area (Å²) in [6.07, 6.45) is 5.37. The molecule has 88 valence electrons. The van der Waals surface area contributed by atoms with E-state index in [4.69, 9.17) is 16.4 Å². The van der Waals surface area contributed by atoms with Crippen molar-refractivity contribution in [1.29, 1.82) is 5.26 Å². The SMILES string of the molecule is C#CC(C)(C)Oc1nc2ccccc2cc1C#N. The third-order valence-corrected chi connectivity index (χ3v) is 2.51. The van der Waals surface area contributed by atoms with Crippen molar-refractivity contribution in [2.45, 2.75) is 19.4 Å². The quantitative estimate of drug-likeness (QED) is 0.753. The van der Waals surface area contributed by atoms with Gasteiger partial charge in [0.25, 0.3) is 0 Å². The van der Waals surface area contributed by atoms with Gasteiger partial charge in [-0.1, -0.05) is 24.1 Å². The Morgan fingerprint density at radius 2 is 2.06 bits per heavy atom. The number of nitriles is 1. The van der Waals surface area contributed by atoms with Crippen LogP contribution in [0.25, 0.3) is 10.9 Å². The minimum atomic E-state index is -0.791. The van der Waals surface area contributed by atoms with Crippen molar-refractivity contribution in [1.82, 2.24) is 4.98 Å². The highest BCUT2D eigenvalue weighted by molar-refractivity contribution is 5.80. The van der Waals surface area contributed by atoms with Crippen LogP contribution in [-0.4, -0.2) is 10.6 Å². The van der Waals surface area contributed by atoms with Crippen LogP contribution in [0.1, 0.15) is 19.4 Å².